The molecule has 1 aliphatic rings. The molecule has 1 fully saturated rings. The molecule has 0 saturated carbocycles. The van der Waals surface area contributed by atoms with E-state index in [0.717, 1.165) is 5.75 Å². The van der Waals surface area contributed by atoms with Crippen LogP contribution in [0.3, 0.4) is 0 Å². The van der Waals surface area contributed by atoms with Gasteiger partial charge in [-0.25, -0.2) is 0 Å². The predicted octanol–water partition coefficient (Wildman–Crippen LogP) is 1.92. The first-order valence-electron chi connectivity index (χ1n) is 4.85. The summed E-state index contributed by atoms with van der Waals surface area (Å²) < 4.78 is 11.8. The van der Waals surface area contributed by atoms with Gasteiger partial charge in [-0.05, 0) is 25.3 Å². The average molecular weight is 229 g/mol. The zero-order valence-electron chi connectivity index (χ0n) is 8.40. The van der Waals surface area contributed by atoms with E-state index in [9.17, 15) is 4.21 Å². The molecule has 78 valence electrons. The normalized spacial score (nSPS) is 38.4. The van der Waals surface area contributed by atoms with Gasteiger partial charge in [-0.3, -0.25) is 4.21 Å². The molecular formula is C10H15NOS2. The zero-order valence-corrected chi connectivity index (χ0v) is 10.0. The van der Waals surface area contributed by atoms with Gasteiger partial charge in [0, 0.05) is 27.5 Å². The van der Waals surface area contributed by atoms with Gasteiger partial charge in [-0.15, -0.1) is 11.3 Å². The van der Waals surface area contributed by atoms with Gasteiger partial charge in [-0.2, -0.15) is 0 Å². The Balaban J connectivity index is 2.21. The van der Waals surface area contributed by atoms with Crippen LogP contribution in [0.2, 0.25) is 0 Å². The fourth-order valence-electron chi connectivity index (χ4n) is 1.82. The summed E-state index contributed by atoms with van der Waals surface area (Å²) in [6, 6.07) is 4.81. The third kappa shape index (κ3) is 1.92. The van der Waals surface area contributed by atoms with Crippen LogP contribution in [0.25, 0.3) is 0 Å². The number of hydrogen-bond donors (Lipinski definition) is 1. The Morgan fingerprint density at radius 1 is 1.57 bits per heavy atom. The highest BCUT2D eigenvalue weighted by Crippen LogP contribution is 2.28. The van der Waals surface area contributed by atoms with E-state index in [-0.39, 0.29) is 11.3 Å². The lowest BCUT2D eigenvalue weighted by atomic mass is 10.1. The van der Waals surface area contributed by atoms with Crippen molar-refractivity contribution in [1.82, 2.24) is 5.32 Å². The van der Waals surface area contributed by atoms with Crippen LogP contribution in [0.5, 0.6) is 0 Å². The van der Waals surface area contributed by atoms with Crippen molar-refractivity contribution in [2.45, 2.75) is 31.2 Å². The molecule has 0 aliphatic carbocycles. The molecule has 1 aromatic rings. The minimum atomic E-state index is -0.686. The van der Waals surface area contributed by atoms with Gasteiger partial charge in [-0.1, -0.05) is 6.07 Å². The average Bonchev–Trinajstić information content (AvgIpc) is 2.63. The molecule has 0 spiro atoms. The SMILES string of the molecule is CC1CS(=O)C(C)C(c2cccs2)N1. The molecular weight excluding hydrogens is 214 g/mol. The number of hydrogen-bond acceptors (Lipinski definition) is 3. The minimum absolute atomic E-state index is 0.227. The third-order valence-corrected chi connectivity index (χ3v) is 5.50. The topological polar surface area (TPSA) is 29.1 Å². The highest BCUT2D eigenvalue weighted by atomic mass is 32.2. The van der Waals surface area contributed by atoms with Crippen molar-refractivity contribution < 1.29 is 4.21 Å². The molecule has 2 rings (SSSR count). The summed E-state index contributed by atoms with van der Waals surface area (Å²) in [5.41, 5.74) is 0. The smallest absolute Gasteiger partial charge is 0.0559 e. The number of thiophene rings is 1. The first-order chi connectivity index (χ1) is 6.68. The maximum Gasteiger partial charge on any atom is 0.0559 e. The molecule has 1 aromatic heterocycles. The van der Waals surface area contributed by atoms with Gasteiger partial charge in [0.2, 0.25) is 0 Å². The Morgan fingerprint density at radius 2 is 2.36 bits per heavy atom. The monoisotopic (exact) mass is 229 g/mol. The lowest BCUT2D eigenvalue weighted by Gasteiger charge is -2.33. The molecule has 1 N–H and O–H groups in total. The van der Waals surface area contributed by atoms with Crippen LogP contribution in [0.1, 0.15) is 24.8 Å². The highest BCUT2D eigenvalue weighted by molar-refractivity contribution is 7.85. The highest BCUT2D eigenvalue weighted by Gasteiger charge is 2.31. The van der Waals surface area contributed by atoms with Crippen LogP contribution >= 0.6 is 11.3 Å². The maximum atomic E-state index is 11.8. The third-order valence-electron chi connectivity index (χ3n) is 2.61. The number of nitrogens with one attached hydrogen (secondary N) is 1. The Hall–Kier alpha value is -0.190. The van der Waals surface area contributed by atoms with Crippen molar-refractivity contribution in [2.24, 2.45) is 0 Å². The van der Waals surface area contributed by atoms with Crippen LogP contribution in [0, 0.1) is 0 Å². The van der Waals surface area contributed by atoms with E-state index >= 15 is 0 Å². The fourth-order valence-corrected chi connectivity index (χ4v) is 4.22. The van der Waals surface area contributed by atoms with Crippen molar-refractivity contribution in [3.8, 4) is 0 Å². The molecule has 4 unspecified atom stereocenters. The second-order valence-corrected chi connectivity index (χ2v) is 6.63. The summed E-state index contributed by atoms with van der Waals surface area (Å²) in [5, 5.41) is 5.82. The first kappa shape index (κ1) is 10.3. The van der Waals surface area contributed by atoms with Crippen LogP contribution < -0.4 is 5.32 Å². The van der Waals surface area contributed by atoms with E-state index in [1.807, 2.05) is 0 Å². The quantitative estimate of drug-likeness (QED) is 0.797. The van der Waals surface area contributed by atoms with Crippen molar-refractivity contribution in [2.75, 3.05) is 5.75 Å². The molecule has 0 amide bonds. The van der Waals surface area contributed by atoms with E-state index in [1.165, 1.54) is 4.88 Å². The van der Waals surface area contributed by atoms with E-state index in [4.69, 9.17) is 0 Å². The van der Waals surface area contributed by atoms with Gasteiger partial charge in [0.1, 0.15) is 0 Å². The Morgan fingerprint density at radius 3 is 3.00 bits per heavy atom. The Kier molecular flexibility index (Phi) is 3.04. The van der Waals surface area contributed by atoms with Crippen molar-refractivity contribution in [3.05, 3.63) is 22.4 Å². The van der Waals surface area contributed by atoms with Crippen molar-refractivity contribution in [1.29, 1.82) is 0 Å². The van der Waals surface area contributed by atoms with Crippen LogP contribution in [0.4, 0.5) is 0 Å². The standard InChI is InChI=1S/C10H15NOS2/c1-7-6-14(12)8(2)10(11-7)9-4-3-5-13-9/h3-5,7-8,10-11H,6H2,1-2H3. The summed E-state index contributed by atoms with van der Waals surface area (Å²) >= 11 is 1.74. The van der Waals surface area contributed by atoms with Gasteiger partial charge in [0.05, 0.1) is 11.3 Å². The molecule has 0 radical (unpaired) electrons. The molecule has 2 nitrogen and oxygen atoms in total. The molecule has 4 atom stereocenters. The molecule has 1 aliphatic heterocycles. The molecule has 0 aromatic carbocycles. The Labute approximate surface area is 91.2 Å². The molecule has 2 heterocycles. The van der Waals surface area contributed by atoms with Crippen LogP contribution in [-0.2, 0) is 10.8 Å². The second kappa shape index (κ2) is 4.13. The van der Waals surface area contributed by atoms with Crippen LogP contribution in [0.15, 0.2) is 17.5 Å². The minimum Gasteiger partial charge on any atom is -0.305 e. The largest absolute Gasteiger partial charge is 0.305 e. The predicted molar refractivity (Wildman–Crippen MR) is 62.1 cm³/mol. The lowest BCUT2D eigenvalue weighted by Crippen LogP contribution is -2.47. The second-order valence-electron chi connectivity index (χ2n) is 3.81. The summed E-state index contributed by atoms with van der Waals surface area (Å²) in [5.74, 6) is 0.781. The van der Waals surface area contributed by atoms with Gasteiger partial charge in [0.25, 0.3) is 0 Å². The van der Waals surface area contributed by atoms with E-state index in [1.54, 1.807) is 11.3 Å². The zero-order chi connectivity index (χ0) is 10.1. The molecule has 1 saturated heterocycles. The first-order valence-corrected chi connectivity index (χ1v) is 7.11. The molecule has 14 heavy (non-hydrogen) atoms. The molecule has 4 heteroatoms. The lowest BCUT2D eigenvalue weighted by molar-refractivity contribution is 0.452. The summed E-state index contributed by atoms with van der Waals surface area (Å²) in [4.78, 5) is 1.30. The van der Waals surface area contributed by atoms with E-state index in [0.29, 0.717) is 6.04 Å². The molecule has 0 bridgehead atoms. The fraction of sp³-hybridized carbons (Fsp3) is 0.600. The summed E-state index contributed by atoms with van der Waals surface area (Å²) in [6.45, 7) is 4.17. The van der Waals surface area contributed by atoms with Gasteiger partial charge >= 0.3 is 0 Å². The van der Waals surface area contributed by atoms with E-state index < -0.39 is 10.8 Å². The van der Waals surface area contributed by atoms with Crippen molar-refractivity contribution in [3.63, 3.8) is 0 Å². The number of rotatable bonds is 1. The van der Waals surface area contributed by atoms with Gasteiger partial charge < -0.3 is 5.32 Å². The summed E-state index contributed by atoms with van der Waals surface area (Å²) in [6.07, 6.45) is 0. The maximum absolute atomic E-state index is 11.8. The summed E-state index contributed by atoms with van der Waals surface area (Å²) in [7, 11) is -0.686. The Bertz CT molecular complexity index is 323. The van der Waals surface area contributed by atoms with Crippen molar-refractivity contribution >= 4 is 22.1 Å². The van der Waals surface area contributed by atoms with Crippen LogP contribution in [-0.4, -0.2) is 21.3 Å². The van der Waals surface area contributed by atoms with Gasteiger partial charge in [0.15, 0.2) is 0 Å². The van der Waals surface area contributed by atoms with E-state index in [2.05, 4.69) is 36.7 Å².